The molecule has 186 valence electrons. The number of pyridine rings is 1. The number of rotatable bonds is 10. The van der Waals surface area contributed by atoms with Crippen LogP contribution in [0.4, 0.5) is 5.69 Å². The number of hydrogen-bond acceptors (Lipinski definition) is 8. The van der Waals surface area contributed by atoms with Gasteiger partial charge in [0.2, 0.25) is 17.3 Å². The van der Waals surface area contributed by atoms with E-state index in [0.717, 1.165) is 5.69 Å². The largest absolute Gasteiger partial charge is 0.571 e. The highest BCUT2D eigenvalue weighted by atomic mass is 16.5. The van der Waals surface area contributed by atoms with Crippen LogP contribution in [-0.2, 0) is 6.54 Å². The van der Waals surface area contributed by atoms with Crippen LogP contribution in [0.15, 0.2) is 73.1 Å². The molecule has 0 saturated carbocycles. The molecular formula is C27H24N6O4. The SMILES string of the molecule is O=C(c1ccc(NCCNCCCn2c3c(n[n+]2[O-])C(=O)c2ccccc2C3=O)cc1)c1cccnc1. The van der Waals surface area contributed by atoms with Crippen molar-refractivity contribution in [3.63, 3.8) is 0 Å². The van der Waals surface area contributed by atoms with E-state index in [-0.39, 0.29) is 35.1 Å². The smallest absolute Gasteiger partial charge is 0.220 e. The van der Waals surface area contributed by atoms with Gasteiger partial charge in [0, 0.05) is 63.5 Å². The van der Waals surface area contributed by atoms with Gasteiger partial charge in [0.15, 0.2) is 11.5 Å². The van der Waals surface area contributed by atoms with Crippen LogP contribution in [0.5, 0.6) is 0 Å². The number of anilines is 1. The fourth-order valence-electron chi connectivity index (χ4n) is 4.28. The first-order valence-electron chi connectivity index (χ1n) is 11.9. The van der Waals surface area contributed by atoms with Gasteiger partial charge in [-0.3, -0.25) is 19.4 Å². The molecule has 2 heterocycles. The number of carbonyl (C=O) groups excluding carboxylic acids is 3. The number of benzene rings is 2. The Labute approximate surface area is 212 Å². The van der Waals surface area contributed by atoms with Crippen LogP contribution in [0.1, 0.15) is 54.4 Å². The number of carbonyl (C=O) groups is 3. The summed E-state index contributed by atoms with van der Waals surface area (Å²) in [5, 5.41) is 22.7. The molecule has 2 aromatic carbocycles. The van der Waals surface area contributed by atoms with Crippen LogP contribution in [-0.4, -0.2) is 51.7 Å². The fraction of sp³-hybridized carbons (Fsp3) is 0.185. The molecule has 0 spiro atoms. The van der Waals surface area contributed by atoms with Crippen LogP contribution in [0.25, 0.3) is 0 Å². The first kappa shape index (κ1) is 24.0. The predicted molar refractivity (Wildman–Crippen MR) is 135 cm³/mol. The molecule has 0 unspecified atom stereocenters. The Morgan fingerprint density at radius 1 is 0.892 bits per heavy atom. The minimum absolute atomic E-state index is 0.0471. The fourth-order valence-corrected chi connectivity index (χ4v) is 4.28. The molecule has 0 aliphatic heterocycles. The molecule has 0 saturated heterocycles. The summed E-state index contributed by atoms with van der Waals surface area (Å²) in [6.07, 6.45) is 3.75. The summed E-state index contributed by atoms with van der Waals surface area (Å²) in [6, 6.07) is 17.3. The van der Waals surface area contributed by atoms with Crippen molar-refractivity contribution in [2.45, 2.75) is 13.0 Å². The number of fused-ring (bicyclic) bond motifs is 2. The molecule has 1 aliphatic carbocycles. The first-order chi connectivity index (χ1) is 18.0. The molecule has 1 aliphatic rings. The normalized spacial score (nSPS) is 12.2. The molecule has 0 amide bonds. The van der Waals surface area contributed by atoms with Gasteiger partial charge in [0.1, 0.15) is 0 Å². The van der Waals surface area contributed by atoms with Gasteiger partial charge >= 0.3 is 0 Å². The van der Waals surface area contributed by atoms with E-state index in [1.807, 2.05) is 12.1 Å². The standard InChI is InChI=1S/C27H24N6O4/c34-25(19-5-3-12-29-17-19)18-8-10-20(11-9-18)30-15-14-28-13-4-16-32-24-23(31-33(32)37)26(35)21-6-1-2-7-22(21)27(24)36/h1-3,5-12,17,28,30H,4,13-16H2. The predicted octanol–water partition coefficient (Wildman–Crippen LogP) is 2.01. The number of nitrogens with zero attached hydrogens (tertiary/aromatic N) is 4. The number of hydrogen-bond donors (Lipinski definition) is 2. The monoisotopic (exact) mass is 496 g/mol. The van der Waals surface area contributed by atoms with Gasteiger partial charge in [0.25, 0.3) is 0 Å². The van der Waals surface area contributed by atoms with Gasteiger partial charge < -0.3 is 15.8 Å². The third-order valence-corrected chi connectivity index (χ3v) is 6.15. The van der Waals surface area contributed by atoms with Gasteiger partial charge in [-0.15, -0.1) is 4.68 Å². The number of nitrogens with one attached hydrogen (secondary N) is 2. The molecule has 2 aromatic heterocycles. The van der Waals surface area contributed by atoms with Gasteiger partial charge in [0.05, 0.1) is 6.54 Å². The van der Waals surface area contributed by atoms with E-state index in [1.165, 1.54) is 4.68 Å². The van der Waals surface area contributed by atoms with Crippen LogP contribution in [0, 0.1) is 5.21 Å². The average Bonchev–Trinajstić information content (AvgIpc) is 3.28. The van der Waals surface area contributed by atoms with Crippen LogP contribution >= 0.6 is 0 Å². The third-order valence-electron chi connectivity index (χ3n) is 6.15. The average molecular weight is 497 g/mol. The van der Waals surface area contributed by atoms with E-state index < -0.39 is 5.78 Å². The van der Waals surface area contributed by atoms with Crippen molar-refractivity contribution in [3.8, 4) is 0 Å². The summed E-state index contributed by atoms with van der Waals surface area (Å²) in [7, 11) is 0. The zero-order valence-electron chi connectivity index (χ0n) is 19.9. The van der Waals surface area contributed by atoms with E-state index in [2.05, 4.69) is 20.7 Å². The second-order valence-electron chi connectivity index (χ2n) is 8.56. The molecule has 0 fully saturated rings. The summed E-state index contributed by atoms with van der Waals surface area (Å²) >= 11 is 0. The van der Waals surface area contributed by atoms with Crippen molar-refractivity contribution in [3.05, 3.63) is 112 Å². The van der Waals surface area contributed by atoms with Crippen molar-refractivity contribution in [2.24, 2.45) is 0 Å². The Balaban J connectivity index is 1.08. The molecule has 10 nitrogen and oxygen atoms in total. The van der Waals surface area contributed by atoms with Crippen molar-refractivity contribution in [1.29, 1.82) is 0 Å². The Morgan fingerprint density at radius 2 is 1.65 bits per heavy atom. The zero-order valence-corrected chi connectivity index (χ0v) is 19.9. The molecule has 5 rings (SSSR count). The third kappa shape index (κ3) is 4.87. The quantitative estimate of drug-likeness (QED) is 0.130. The maximum Gasteiger partial charge on any atom is 0.220 e. The second kappa shape index (κ2) is 10.5. The summed E-state index contributed by atoms with van der Waals surface area (Å²) in [5.74, 6) is -0.847. The van der Waals surface area contributed by atoms with E-state index in [1.54, 1.807) is 60.9 Å². The lowest BCUT2D eigenvalue weighted by Crippen LogP contribution is -2.41. The molecule has 0 bridgehead atoms. The topological polar surface area (TPSA) is 133 Å². The van der Waals surface area contributed by atoms with E-state index >= 15 is 0 Å². The van der Waals surface area contributed by atoms with Gasteiger partial charge in [-0.25, -0.2) is 0 Å². The van der Waals surface area contributed by atoms with Gasteiger partial charge in [-0.2, -0.15) is 0 Å². The van der Waals surface area contributed by atoms with Gasteiger partial charge in [-0.05, 0) is 49.4 Å². The van der Waals surface area contributed by atoms with E-state index in [0.29, 0.717) is 47.7 Å². The Bertz CT molecular complexity index is 1460. The highest BCUT2D eigenvalue weighted by Crippen LogP contribution is 2.25. The molecule has 0 atom stereocenters. The molecule has 37 heavy (non-hydrogen) atoms. The number of ketones is 3. The molecule has 10 heteroatoms. The lowest BCUT2D eigenvalue weighted by molar-refractivity contribution is -0.749. The highest BCUT2D eigenvalue weighted by Gasteiger charge is 2.38. The summed E-state index contributed by atoms with van der Waals surface area (Å²) in [5.41, 5.74) is 2.55. The van der Waals surface area contributed by atoms with E-state index in [4.69, 9.17) is 0 Å². The minimum atomic E-state index is -0.410. The summed E-state index contributed by atoms with van der Waals surface area (Å²) in [4.78, 5) is 42.4. The van der Waals surface area contributed by atoms with E-state index in [9.17, 15) is 19.6 Å². The van der Waals surface area contributed by atoms with Crippen LogP contribution in [0.3, 0.4) is 0 Å². The molecular weight excluding hydrogens is 472 g/mol. The van der Waals surface area contributed by atoms with Crippen LogP contribution in [0.2, 0.25) is 0 Å². The van der Waals surface area contributed by atoms with Crippen molar-refractivity contribution in [2.75, 3.05) is 25.0 Å². The Morgan fingerprint density at radius 3 is 2.38 bits per heavy atom. The second-order valence-corrected chi connectivity index (χ2v) is 8.56. The number of aromatic nitrogens is 4. The highest BCUT2D eigenvalue weighted by molar-refractivity contribution is 6.26. The van der Waals surface area contributed by atoms with Crippen molar-refractivity contribution >= 4 is 23.0 Å². The van der Waals surface area contributed by atoms with Crippen LogP contribution < -0.4 is 15.6 Å². The molecule has 0 radical (unpaired) electrons. The van der Waals surface area contributed by atoms with Crippen molar-refractivity contribution in [1.82, 2.24) is 20.1 Å². The maximum absolute atomic E-state index is 12.9. The Kier molecular flexibility index (Phi) is 6.82. The lowest BCUT2D eigenvalue weighted by Gasteiger charge is -2.12. The first-order valence-corrected chi connectivity index (χ1v) is 11.9. The van der Waals surface area contributed by atoms with Crippen molar-refractivity contribution < 1.29 is 19.3 Å². The summed E-state index contributed by atoms with van der Waals surface area (Å²) < 4.78 is 1.22. The minimum Gasteiger partial charge on any atom is -0.571 e. The summed E-state index contributed by atoms with van der Waals surface area (Å²) in [6.45, 7) is 2.17. The Hall–Kier alpha value is -4.70. The maximum atomic E-state index is 12.9. The molecule has 4 aromatic rings. The molecule has 2 N–H and O–H groups in total. The zero-order chi connectivity index (χ0) is 25.8. The van der Waals surface area contributed by atoms with Gasteiger partial charge in [-0.1, -0.05) is 24.3 Å². The lowest BCUT2D eigenvalue weighted by atomic mass is 9.90.